The second-order valence-corrected chi connectivity index (χ2v) is 9.45. The summed E-state index contributed by atoms with van der Waals surface area (Å²) in [6.07, 6.45) is 0. The average Bonchev–Trinajstić information content (AvgIpc) is 2.97. The maximum absolute atomic E-state index is 12.9. The van der Waals surface area contributed by atoms with Gasteiger partial charge in [0.25, 0.3) is 23.2 Å². The first-order valence-electron chi connectivity index (χ1n) is 11.9. The van der Waals surface area contributed by atoms with Gasteiger partial charge in [0.05, 0.1) is 35.4 Å². The number of halogens is 2. The number of nitro benzene ring substituents is 2. The Morgan fingerprint density at radius 1 is 0.643 bits per heavy atom. The van der Waals surface area contributed by atoms with E-state index in [4.69, 9.17) is 32.7 Å². The fourth-order valence-corrected chi connectivity index (χ4v) is 4.37. The molecule has 12 nitrogen and oxygen atoms in total. The quantitative estimate of drug-likeness (QED) is 0.151. The van der Waals surface area contributed by atoms with Gasteiger partial charge in [-0.15, -0.1) is 0 Å². The van der Waals surface area contributed by atoms with E-state index in [0.717, 1.165) is 12.1 Å². The first kappa shape index (κ1) is 29.8. The second kappa shape index (κ2) is 12.5. The molecule has 0 aliphatic rings. The number of carbonyl (C=O) groups is 2. The highest BCUT2D eigenvalue weighted by atomic mass is 35.5. The molecule has 0 radical (unpaired) electrons. The van der Waals surface area contributed by atoms with E-state index in [0.29, 0.717) is 11.1 Å². The molecule has 0 heterocycles. The van der Waals surface area contributed by atoms with Crippen molar-refractivity contribution in [2.75, 3.05) is 24.9 Å². The summed E-state index contributed by atoms with van der Waals surface area (Å²) in [5.41, 5.74) is 0.529. The zero-order chi connectivity index (χ0) is 30.6. The average molecular weight is 611 g/mol. The van der Waals surface area contributed by atoms with E-state index in [1.165, 1.54) is 38.5 Å². The summed E-state index contributed by atoms with van der Waals surface area (Å²) in [6.45, 7) is 0. The molecule has 0 atom stereocenters. The van der Waals surface area contributed by atoms with Gasteiger partial charge in [-0.1, -0.05) is 35.3 Å². The predicted octanol–water partition coefficient (Wildman–Crippen LogP) is 7.00. The van der Waals surface area contributed by atoms with Crippen LogP contribution in [-0.2, 0) is 0 Å². The van der Waals surface area contributed by atoms with Gasteiger partial charge in [-0.2, -0.15) is 0 Å². The molecule has 0 bridgehead atoms. The summed E-state index contributed by atoms with van der Waals surface area (Å²) >= 11 is 11.9. The minimum absolute atomic E-state index is 0.160. The highest BCUT2D eigenvalue weighted by molar-refractivity contribution is 6.31. The first-order valence-corrected chi connectivity index (χ1v) is 12.6. The van der Waals surface area contributed by atoms with Gasteiger partial charge in [-0.05, 0) is 59.7 Å². The van der Waals surface area contributed by atoms with Crippen molar-refractivity contribution < 1.29 is 28.9 Å². The molecule has 0 aliphatic carbocycles. The van der Waals surface area contributed by atoms with Crippen LogP contribution in [0, 0.1) is 20.2 Å². The molecule has 0 fully saturated rings. The molecule has 0 saturated carbocycles. The van der Waals surface area contributed by atoms with Gasteiger partial charge in [0, 0.05) is 22.2 Å². The number of carbonyl (C=O) groups excluding carboxylic acids is 2. The largest absolute Gasteiger partial charge is 0.495 e. The van der Waals surface area contributed by atoms with Gasteiger partial charge in [-0.25, -0.2) is 0 Å². The molecule has 42 heavy (non-hydrogen) atoms. The van der Waals surface area contributed by atoms with Crippen LogP contribution in [0.2, 0.25) is 10.0 Å². The molecule has 4 aromatic rings. The molecule has 2 amide bonds. The van der Waals surface area contributed by atoms with E-state index in [-0.39, 0.29) is 44.0 Å². The van der Waals surface area contributed by atoms with Crippen LogP contribution in [-0.4, -0.2) is 35.9 Å². The van der Waals surface area contributed by atoms with Gasteiger partial charge in [-0.3, -0.25) is 29.8 Å². The van der Waals surface area contributed by atoms with Crippen LogP contribution < -0.4 is 20.1 Å². The molecule has 0 unspecified atom stereocenters. The third-order valence-electron chi connectivity index (χ3n) is 6.03. The lowest BCUT2D eigenvalue weighted by molar-refractivity contribution is -0.385. The number of anilines is 2. The number of rotatable bonds is 9. The number of nitrogens with one attached hydrogen (secondary N) is 2. The second-order valence-electron chi connectivity index (χ2n) is 8.58. The number of nitrogens with zero attached hydrogens (tertiary/aromatic N) is 2. The number of methoxy groups -OCH3 is 2. The minimum atomic E-state index is -0.753. The summed E-state index contributed by atoms with van der Waals surface area (Å²) in [7, 11) is 2.79. The topological polar surface area (TPSA) is 163 Å². The lowest BCUT2D eigenvalue weighted by atomic mass is 10.0. The van der Waals surface area contributed by atoms with E-state index < -0.39 is 33.0 Å². The van der Waals surface area contributed by atoms with Crippen molar-refractivity contribution in [2.24, 2.45) is 0 Å². The maximum Gasteiger partial charge on any atom is 0.282 e. The zero-order valence-electron chi connectivity index (χ0n) is 21.8. The molecule has 0 saturated heterocycles. The predicted molar refractivity (Wildman–Crippen MR) is 157 cm³/mol. The molecule has 2 N–H and O–H groups in total. The van der Waals surface area contributed by atoms with E-state index in [1.54, 1.807) is 36.4 Å². The molecule has 4 rings (SSSR count). The smallest absolute Gasteiger partial charge is 0.282 e. The van der Waals surface area contributed by atoms with E-state index in [1.807, 2.05) is 0 Å². The van der Waals surface area contributed by atoms with Crippen LogP contribution in [0.5, 0.6) is 11.5 Å². The Hall–Kier alpha value is -5.20. The van der Waals surface area contributed by atoms with Crippen molar-refractivity contribution in [1.82, 2.24) is 0 Å². The van der Waals surface area contributed by atoms with Crippen molar-refractivity contribution in [3.05, 3.63) is 114 Å². The van der Waals surface area contributed by atoms with Crippen molar-refractivity contribution in [1.29, 1.82) is 0 Å². The van der Waals surface area contributed by atoms with Crippen LogP contribution in [0.1, 0.15) is 20.7 Å². The summed E-state index contributed by atoms with van der Waals surface area (Å²) in [5.74, 6) is -0.987. The molecular weight excluding hydrogens is 591 g/mol. The fourth-order valence-electron chi connectivity index (χ4n) is 4.03. The monoisotopic (exact) mass is 610 g/mol. The number of hydrogen-bond donors (Lipinski definition) is 2. The number of nitro groups is 2. The third kappa shape index (κ3) is 6.40. The number of amides is 2. The Balaban J connectivity index is 1.60. The highest BCUT2D eigenvalue weighted by Gasteiger charge is 2.23. The van der Waals surface area contributed by atoms with Crippen LogP contribution >= 0.6 is 23.2 Å². The van der Waals surface area contributed by atoms with Crippen molar-refractivity contribution in [3.63, 3.8) is 0 Å². The SMILES string of the molecule is COc1cc(-c2ccc(NC(=O)c3cc(Cl)ccc3[N+](=O)[O-])c(OC)c2)ccc1NC(=O)c1cc(Cl)ccc1[N+](=O)[O-]. The lowest BCUT2D eigenvalue weighted by Crippen LogP contribution is -2.15. The number of benzene rings is 4. The van der Waals surface area contributed by atoms with Gasteiger partial charge in [0.2, 0.25) is 0 Å². The Bertz CT molecular complexity index is 1620. The van der Waals surface area contributed by atoms with Crippen molar-refractivity contribution in [3.8, 4) is 22.6 Å². The molecular formula is C28H20Cl2N4O8. The molecule has 14 heteroatoms. The van der Waals surface area contributed by atoms with Crippen molar-refractivity contribution >= 4 is 57.8 Å². The molecule has 214 valence electrons. The molecule has 0 aromatic heterocycles. The van der Waals surface area contributed by atoms with Crippen molar-refractivity contribution in [2.45, 2.75) is 0 Å². The van der Waals surface area contributed by atoms with Crippen LogP contribution in [0.4, 0.5) is 22.7 Å². The molecule has 0 aliphatic heterocycles. The van der Waals surface area contributed by atoms with Gasteiger partial charge >= 0.3 is 0 Å². The summed E-state index contributed by atoms with van der Waals surface area (Å²) in [6, 6.07) is 17.1. The summed E-state index contributed by atoms with van der Waals surface area (Å²) < 4.78 is 10.9. The zero-order valence-corrected chi connectivity index (χ0v) is 23.4. The van der Waals surface area contributed by atoms with Gasteiger partial charge in [0.15, 0.2) is 0 Å². The van der Waals surface area contributed by atoms with Crippen LogP contribution in [0.15, 0.2) is 72.8 Å². The highest BCUT2D eigenvalue weighted by Crippen LogP contribution is 2.36. The van der Waals surface area contributed by atoms with E-state index in [9.17, 15) is 29.8 Å². The summed E-state index contributed by atoms with van der Waals surface area (Å²) in [4.78, 5) is 47.1. The van der Waals surface area contributed by atoms with E-state index in [2.05, 4.69) is 10.6 Å². The van der Waals surface area contributed by atoms with Gasteiger partial charge < -0.3 is 20.1 Å². The van der Waals surface area contributed by atoms with Gasteiger partial charge in [0.1, 0.15) is 22.6 Å². The maximum atomic E-state index is 12.9. The number of hydrogen-bond acceptors (Lipinski definition) is 8. The standard InChI is InChI=1S/C28H20Cl2N4O8/c1-41-25-11-15(3-7-21(25)31-27(35)19-13-17(29)5-9-23(19)33(37)38)16-4-8-22(26(12-16)42-2)32-28(36)20-14-18(30)6-10-24(20)34(39)40/h3-14H,1-2H3,(H,31,35)(H,32,36). The number of ether oxygens (including phenoxy) is 2. The Kier molecular flexibility index (Phi) is 8.89. The van der Waals surface area contributed by atoms with Crippen LogP contribution in [0.25, 0.3) is 11.1 Å². The van der Waals surface area contributed by atoms with Crippen LogP contribution in [0.3, 0.4) is 0 Å². The van der Waals surface area contributed by atoms with E-state index >= 15 is 0 Å². The Morgan fingerprint density at radius 2 is 1.02 bits per heavy atom. The molecule has 4 aromatic carbocycles. The minimum Gasteiger partial charge on any atom is -0.495 e. The lowest BCUT2D eigenvalue weighted by Gasteiger charge is -2.15. The molecule has 0 spiro atoms. The summed E-state index contributed by atoms with van der Waals surface area (Å²) in [5, 5.41) is 28.3. The fraction of sp³-hybridized carbons (Fsp3) is 0.0714. The first-order chi connectivity index (χ1) is 20.0. The third-order valence-corrected chi connectivity index (χ3v) is 6.50. The Morgan fingerprint density at radius 3 is 1.36 bits per heavy atom. The normalized spacial score (nSPS) is 10.5. The Labute approximate surface area is 248 Å².